The molecule has 1 aromatic rings. The van der Waals surface area contributed by atoms with Crippen LogP contribution in [-0.4, -0.2) is 11.9 Å². The van der Waals surface area contributed by atoms with Gasteiger partial charge < -0.3 is 19.8 Å². The molecule has 4 heteroatoms. The van der Waals surface area contributed by atoms with Crippen LogP contribution in [0.25, 0.3) is 0 Å². The van der Waals surface area contributed by atoms with E-state index in [1.165, 1.54) is 0 Å². The third kappa shape index (κ3) is 3.81. The molecule has 0 N–H and O–H groups in total. The van der Waals surface area contributed by atoms with Crippen molar-refractivity contribution in [1.29, 1.82) is 0 Å². The smallest absolute Gasteiger partial charge is 0.0420 e. The predicted octanol–water partition coefficient (Wildman–Crippen LogP) is -0.950. The molecule has 0 fully saturated rings. The molecule has 0 saturated carbocycles. The molecule has 0 spiro atoms. The van der Waals surface area contributed by atoms with E-state index in [-0.39, 0.29) is 12.8 Å². The number of rotatable bonds is 5. The van der Waals surface area contributed by atoms with Gasteiger partial charge in [0.1, 0.15) is 0 Å². The summed E-state index contributed by atoms with van der Waals surface area (Å²) in [7, 11) is 0. The Labute approximate surface area is 87.2 Å². The van der Waals surface area contributed by atoms with E-state index < -0.39 is 17.9 Å². The van der Waals surface area contributed by atoms with E-state index in [0.29, 0.717) is 5.56 Å². The third-order valence-corrected chi connectivity index (χ3v) is 2.10. The Morgan fingerprint density at radius 1 is 1.00 bits per heavy atom. The van der Waals surface area contributed by atoms with E-state index in [9.17, 15) is 19.8 Å². The fourth-order valence-electron chi connectivity index (χ4n) is 1.44. The average Bonchev–Trinajstić information content (AvgIpc) is 2.17. The zero-order valence-corrected chi connectivity index (χ0v) is 8.01. The Hall–Kier alpha value is -1.84. The van der Waals surface area contributed by atoms with Crippen molar-refractivity contribution in [2.45, 2.75) is 18.8 Å². The summed E-state index contributed by atoms with van der Waals surface area (Å²) in [6.45, 7) is 0. The lowest BCUT2D eigenvalue weighted by molar-refractivity contribution is -0.308. The van der Waals surface area contributed by atoms with Crippen LogP contribution < -0.4 is 10.2 Å². The van der Waals surface area contributed by atoms with Crippen molar-refractivity contribution in [3.63, 3.8) is 0 Å². The molecule has 0 aliphatic heterocycles. The van der Waals surface area contributed by atoms with Gasteiger partial charge in [0.2, 0.25) is 0 Å². The molecule has 80 valence electrons. The summed E-state index contributed by atoms with van der Waals surface area (Å²) in [6, 6.07) is 8.62. The first-order valence-corrected chi connectivity index (χ1v) is 4.54. The van der Waals surface area contributed by atoms with E-state index in [0.717, 1.165) is 0 Å². The Bertz CT molecular complexity index is 329. The van der Waals surface area contributed by atoms with Crippen LogP contribution in [0, 0.1) is 0 Å². The number of hydrogen-bond donors (Lipinski definition) is 0. The van der Waals surface area contributed by atoms with Gasteiger partial charge in [-0.2, -0.15) is 0 Å². The number of carbonyl (C=O) groups excluding carboxylic acids is 2. The molecule has 1 rings (SSSR count). The third-order valence-electron chi connectivity index (χ3n) is 2.10. The fraction of sp³-hybridized carbons (Fsp3) is 0.273. The first kappa shape index (κ1) is 11.2. The summed E-state index contributed by atoms with van der Waals surface area (Å²) in [6.07, 6.45) is -0.615. The molecule has 0 saturated heterocycles. The zero-order chi connectivity index (χ0) is 11.3. The topological polar surface area (TPSA) is 80.3 Å². The van der Waals surface area contributed by atoms with Gasteiger partial charge in [0.15, 0.2) is 0 Å². The molecule has 0 aliphatic rings. The van der Waals surface area contributed by atoms with E-state index >= 15 is 0 Å². The van der Waals surface area contributed by atoms with Crippen LogP contribution >= 0.6 is 0 Å². The standard InChI is InChI=1S/C11H12O4/c12-10(13)6-9(7-11(14)15)8-4-2-1-3-5-8/h1-5,9H,6-7H2,(H,12,13)(H,14,15)/p-2. The van der Waals surface area contributed by atoms with Crippen LogP contribution in [0.15, 0.2) is 30.3 Å². The molecule has 0 aliphatic carbocycles. The van der Waals surface area contributed by atoms with Crippen LogP contribution in [0.5, 0.6) is 0 Å². The lowest BCUT2D eigenvalue weighted by Crippen LogP contribution is -2.29. The van der Waals surface area contributed by atoms with Crippen molar-refractivity contribution in [2.75, 3.05) is 0 Å². The molecule has 0 unspecified atom stereocenters. The minimum absolute atomic E-state index is 0.308. The molecule has 0 atom stereocenters. The number of carboxylic acids is 2. The van der Waals surface area contributed by atoms with Crippen molar-refractivity contribution in [3.05, 3.63) is 35.9 Å². The van der Waals surface area contributed by atoms with E-state index in [1.807, 2.05) is 0 Å². The number of hydrogen-bond acceptors (Lipinski definition) is 4. The first-order valence-electron chi connectivity index (χ1n) is 4.54. The average molecular weight is 206 g/mol. The van der Waals surface area contributed by atoms with Crippen molar-refractivity contribution >= 4 is 11.9 Å². The van der Waals surface area contributed by atoms with Crippen molar-refractivity contribution in [1.82, 2.24) is 0 Å². The molecule has 15 heavy (non-hydrogen) atoms. The molecular formula is C11H10O4-2. The second-order valence-electron chi connectivity index (χ2n) is 3.26. The van der Waals surface area contributed by atoms with Crippen LogP contribution in [0.4, 0.5) is 0 Å². The zero-order valence-electron chi connectivity index (χ0n) is 8.01. The summed E-state index contributed by atoms with van der Waals surface area (Å²) < 4.78 is 0. The maximum absolute atomic E-state index is 10.4. The van der Waals surface area contributed by atoms with Gasteiger partial charge in [-0.3, -0.25) is 0 Å². The minimum Gasteiger partial charge on any atom is -0.550 e. The van der Waals surface area contributed by atoms with E-state index in [1.54, 1.807) is 30.3 Å². The van der Waals surface area contributed by atoms with Gasteiger partial charge in [-0.1, -0.05) is 30.3 Å². The number of benzene rings is 1. The molecule has 0 bridgehead atoms. The van der Waals surface area contributed by atoms with Crippen LogP contribution in [0.2, 0.25) is 0 Å². The second kappa shape index (κ2) is 5.14. The highest BCUT2D eigenvalue weighted by Crippen LogP contribution is 2.22. The second-order valence-corrected chi connectivity index (χ2v) is 3.26. The summed E-state index contributed by atoms with van der Waals surface area (Å²) >= 11 is 0. The number of carboxylic acid groups (broad SMARTS) is 2. The first-order chi connectivity index (χ1) is 7.09. The van der Waals surface area contributed by atoms with Crippen LogP contribution in [-0.2, 0) is 9.59 Å². The summed E-state index contributed by atoms with van der Waals surface area (Å²) in [4.78, 5) is 20.9. The Morgan fingerprint density at radius 3 is 1.87 bits per heavy atom. The highest BCUT2D eigenvalue weighted by Gasteiger charge is 2.11. The van der Waals surface area contributed by atoms with Crippen molar-refractivity contribution in [2.24, 2.45) is 0 Å². The summed E-state index contributed by atoms with van der Waals surface area (Å²) in [5.74, 6) is -3.10. The van der Waals surface area contributed by atoms with E-state index in [2.05, 4.69) is 0 Å². The van der Waals surface area contributed by atoms with Gasteiger partial charge in [-0.05, 0) is 24.3 Å². The SMILES string of the molecule is O=C([O-])CC(CC(=O)[O-])c1ccccc1. The maximum atomic E-state index is 10.4. The summed E-state index contributed by atoms with van der Waals surface area (Å²) in [5.41, 5.74) is 0.672. The Kier molecular flexibility index (Phi) is 3.85. The molecule has 1 aromatic carbocycles. The Balaban J connectivity index is 2.81. The van der Waals surface area contributed by atoms with Crippen LogP contribution in [0.3, 0.4) is 0 Å². The van der Waals surface area contributed by atoms with Crippen molar-refractivity contribution < 1.29 is 19.8 Å². The normalized spacial score (nSPS) is 10.2. The summed E-state index contributed by atoms with van der Waals surface area (Å²) in [5, 5.41) is 20.9. The number of carbonyl (C=O) groups is 2. The molecular weight excluding hydrogens is 196 g/mol. The largest absolute Gasteiger partial charge is 0.550 e. The predicted molar refractivity (Wildman–Crippen MR) is 48.4 cm³/mol. The lowest BCUT2D eigenvalue weighted by Gasteiger charge is -2.18. The van der Waals surface area contributed by atoms with Crippen molar-refractivity contribution in [3.8, 4) is 0 Å². The molecule has 4 nitrogen and oxygen atoms in total. The minimum atomic E-state index is -1.26. The molecule has 0 radical (unpaired) electrons. The fourth-order valence-corrected chi connectivity index (χ4v) is 1.44. The maximum Gasteiger partial charge on any atom is 0.0420 e. The van der Waals surface area contributed by atoms with Crippen LogP contribution in [0.1, 0.15) is 24.3 Å². The highest BCUT2D eigenvalue weighted by atomic mass is 16.4. The van der Waals surface area contributed by atoms with Gasteiger partial charge >= 0.3 is 0 Å². The van der Waals surface area contributed by atoms with Gasteiger partial charge in [0.05, 0.1) is 0 Å². The Morgan fingerprint density at radius 2 is 1.47 bits per heavy atom. The van der Waals surface area contributed by atoms with Gasteiger partial charge in [-0.25, -0.2) is 0 Å². The van der Waals surface area contributed by atoms with Gasteiger partial charge in [0.25, 0.3) is 0 Å². The quantitative estimate of drug-likeness (QED) is 0.622. The number of aliphatic carboxylic acids is 2. The monoisotopic (exact) mass is 206 g/mol. The molecule has 0 aromatic heterocycles. The van der Waals surface area contributed by atoms with Gasteiger partial charge in [0, 0.05) is 11.9 Å². The van der Waals surface area contributed by atoms with Gasteiger partial charge in [-0.15, -0.1) is 0 Å². The van der Waals surface area contributed by atoms with E-state index in [4.69, 9.17) is 0 Å². The highest BCUT2D eigenvalue weighted by molar-refractivity contribution is 5.70. The lowest BCUT2D eigenvalue weighted by atomic mass is 9.93. The molecule has 0 heterocycles. The molecule has 0 amide bonds.